The van der Waals surface area contributed by atoms with Gasteiger partial charge >= 0.3 is 0 Å². The van der Waals surface area contributed by atoms with Gasteiger partial charge in [-0.2, -0.15) is 0 Å². The van der Waals surface area contributed by atoms with Crippen LogP contribution in [0.4, 0.5) is 0 Å². The summed E-state index contributed by atoms with van der Waals surface area (Å²) < 4.78 is 2.46. The van der Waals surface area contributed by atoms with Gasteiger partial charge < -0.3 is 9.47 Å². The molecule has 1 fully saturated rings. The lowest BCUT2D eigenvalue weighted by atomic mass is 9.95. The van der Waals surface area contributed by atoms with E-state index in [4.69, 9.17) is 9.98 Å². The Labute approximate surface area is 195 Å². The molecule has 2 aliphatic heterocycles. The van der Waals surface area contributed by atoms with Gasteiger partial charge in [0.1, 0.15) is 6.04 Å². The van der Waals surface area contributed by atoms with E-state index >= 15 is 0 Å². The fourth-order valence-electron chi connectivity index (χ4n) is 5.64. The zero-order chi connectivity index (χ0) is 22.6. The number of pyridine rings is 1. The Hall–Kier alpha value is -2.53. The third-order valence-electron chi connectivity index (χ3n) is 6.98. The van der Waals surface area contributed by atoms with Gasteiger partial charge in [-0.3, -0.25) is 9.98 Å². The highest BCUT2D eigenvalue weighted by molar-refractivity contribution is 8.14. The van der Waals surface area contributed by atoms with Crippen LogP contribution in [-0.4, -0.2) is 31.4 Å². The van der Waals surface area contributed by atoms with E-state index in [1.54, 1.807) is 0 Å². The Morgan fingerprint density at radius 3 is 2.44 bits per heavy atom. The van der Waals surface area contributed by atoms with Crippen LogP contribution in [0.25, 0.3) is 5.69 Å². The summed E-state index contributed by atoms with van der Waals surface area (Å²) in [5.74, 6) is 1.12. The van der Waals surface area contributed by atoms with E-state index in [9.17, 15) is 0 Å². The highest BCUT2D eigenvalue weighted by atomic mass is 32.2. The topological polar surface area (TPSA) is 33.4 Å². The summed E-state index contributed by atoms with van der Waals surface area (Å²) in [5, 5.41) is 1.19. The molecule has 0 aliphatic carbocycles. The molecule has 166 valence electrons. The predicted molar refractivity (Wildman–Crippen MR) is 135 cm³/mol. The van der Waals surface area contributed by atoms with Gasteiger partial charge in [0.05, 0.1) is 17.4 Å². The molecule has 0 N–H and O–H groups in total. The molecule has 0 spiro atoms. The molecule has 2 aromatic heterocycles. The molecule has 3 aromatic rings. The largest absolute Gasteiger partial charge is 0.338 e. The minimum atomic E-state index is 0.0298. The van der Waals surface area contributed by atoms with Gasteiger partial charge in [0.25, 0.3) is 0 Å². The Kier molecular flexibility index (Phi) is 5.40. The second-order valence-corrected chi connectivity index (χ2v) is 10.2. The third-order valence-corrected chi connectivity index (χ3v) is 8.10. The van der Waals surface area contributed by atoms with E-state index in [-0.39, 0.29) is 12.1 Å². The first-order chi connectivity index (χ1) is 15.4. The molecular formula is C27H32N4S. The molecular weight excluding hydrogens is 412 g/mol. The summed E-state index contributed by atoms with van der Waals surface area (Å²) in [7, 11) is 0. The summed E-state index contributed by atoms with van der Waals surface area (Å²) in [5.41, 5.74) is 10.3. The van der Waals surface area contributed by atoms with Crippen molar-refractivity contribution >= 4 is 16.9 Å². The summed E-state index contributed by atoms with van der Waals surface area (Å²) >= 11 is 1.90. The number of fused-ring (bicyclic) bond motifs is 1. The number of nitrogens with zero attached hydrogens (tertiary/aromatic N) is 4. The molecule has 1 saturated heterocycles. The zero-order valence-electron chi connectivity index (χ0n) is 19.9. The van der Waals surface area contributed by atoms with Crippen LogP contribution in [0.2, 0.25) is 0 Å². The fraction of sp³-hybridized carbons (Fsp3) is 0.407. The van der Waals surface area contributed by atoms with Crippen molar-refractivity contribution in [2.75, 3.05) is 5.75 Å². The van der Waals surface area contributed by atoms with Crippen molar-refractivity contribution in [2.24, 2.45) is 4.99 Å². The third kappa shape index (κ3) is 3.29. The van der Waals surface area contributed by atoms with Crippen molar-refractivity contribution in [3.8, 4) is 5.69 Å². The number of aromatic nitrogens is 2. The van der Waals surface area contributed by atoms with Crippen molar-refractivity contribution in [1.29, 1.82) is 0 Å². The van der Waals surface area contributed by atoms with Crippen LogP contribution >= 0.6 is 11.8 Å². The fourth-order valence-corrected chi connectivity index (χ4v) is 6.98. The van der Waals surface area contributed by atoms with Crippen LogP contribution in [-0.2, 0) is 0 Å². The maximum absolute atomic E-state index is 5.21. The molecule has 0 saturated carbocycles. The summed E-state index contributed by atoms with van der Waals surface area (Å²) in [4.78, 5) is 12.5. The number of rotatable bonds is 4. The molecule has 2 aliphatic rings. The average Bonchev–Trinajstić information content (AvgIpc) is 3.41. The van der Waals surface area contributed by atoms with E-state index in [2.05, 4.69) is 81.3 Å². The standard InChI is InChI=1S/C27H32N4S/c1-7-21-15-32-27-29-24(23-10-8-9-11-28-23)26(31(21)27)22-14-19(5)30(20(22)6)25-17(3)12-16(2)13-18(25)4/h8-14,21,24,26H,7,15H2,1-6H3. The highest BCUT2D eigenvalue weighted by Crippen LogP contribution is 2.50. The number of hydrogen-bond donors (Lipinski definition) is 0. The van der Waals surface area contributed by atoms with Gasteiger partial charge in [0, 0.05) is 29.4 Å². The first-order valence-corrected chi connectivity index (χ1v) is 12.6. The molecule has 4 heterocycles. The van der Waals surface area contributed by atoms with E-state index in [0.717, 1.165) is 17.9 Å². The van der Waals surface area contributed by atoms with E-state index < -0.39 is 0 Å². The van der Waals surface area contributed by atoms with Crippen molar-refractivity contribution in [3.63, 3.8) is 0 Å². The van der Waals surface area contributed by atoms with Gasteiger partial charge in [-0.25, -0.2) is 0 Å². The second-order valence-electron chi connectivity index (χ2n) is 9.25. The van der Waals surface area contributed by atoms with Crippen LogP contribution in [0, 0.1) is 34.6 Å². The lowest BCUT2D eigenvalue weighted by Crippen LogP contribution is -2.35. The molecule has 5 rings (SSSR count). The predicted octanol–water partition coefficient (Wildman–Crippen LogP) is 6.39. The van der Waals surface area contributed by atoms with Gasteiger partial charge in [-0.15, -0.1) is 0 Å². The number of amidine groups is 1. The van der Waals surface area contributed by atoms with Gasteiger partial charge in [0.15, 0.2) is 5.17 Å². The maximum atomic E-state index is 5.21. The van der Waals surface area contributed by atoms with E-state index in [0.29, 0.717) is 6.04 Å². The molecule has 4 nitrogen and oxygen atoms in total. The Morgan fingerprint density at radius 2 is 1.78 bits per heavy atom. The first-order valence-electron chi connectivity index (χ1n) is 11.6. The van der Waals surface area contributed by atoms with Gasteiger partial charge in [-0.05, 0) is 75.9 Å². The Balaban J connectivity index is 1.67. The van der Waals surface area contributed by atoms with Crippen LogP contribution < -0.4 is 0 Å². The summed E-state index contributed by atoms with van der Waals surface area (Å²) in [6, 6.07) is 13.9. The van der Waals surface area contributed by atoms with Crippen LogP contribution in [0.3, 0.4) is 0 Å². The maximum Gasteiger partial charge on any atom is 0.160 e. The smallest absolute Gasteiger partial charge is 0.160 e. The van der Waals surface area contributed by atoms with Crippen molar-refractivity contribution in [1.82, 2.24) is 14.5 Å². The van der Waals surface area contributed by atoms with Crippen LogP contribution in [0.5, 0.6) is 0 Å². The Morgan fingerprint density at radius 1 is 1.03 bits per heavy atom. The van der Waals surface area contributed by atoms with Crippen LogP contribution in [0.15, 0.2) is 47.6 Å². The summed E-state index contributed by atoms with van der Waals surface area (Å²) in [6.45, 7) is 13.4. The summed E-state index contributed by atoms with van der Waals surface area (Å²) in [6.07, 6.45) is 3.02. The molecule has 1 aromatic carbocycles. The minimum Gasteiger partial charge on any atom is -0.338 e. The normalized spacial score (nSPS) is 22.4. The molecule has 5 heteroatoms. The average molecular weight is 445 g/mol. The lowest BCUT2D eigenvalue weighted by Gasteiger charge is -2.32. The second kappa shape index (κ2) is 8.11. The van der Waals surface area contributed by atoms with Gasteiger partial charge in [0.2, 0.25) is 0 Å². The molecule has 32 heavy (non-hydrogen) atoms. The van der Waals surface area contributed by atoms with E-state index in [1.165, 1.54) is 44.5 Å². The zero-order valence-corrected chi connectivity index (χ0v) is 20.7. The first kappa shape index (κ1) is 21.3. The number of aliphatic imine (C=N–C) groups is 1. The number of benzene rings is 1. The quantitative estimate of drug-likeness (QED) is 0.467. The molecule has 3 atom stereocenters. The van der Waals surface area contributed by atoms with Crippen LogP contribution in [0.1, 0.15) is 64.8 Å². The minimum absolute atomic E-state index is 0.0298. The number of aryl methyl sites for hydroxylation is 4. The molecule has 0 amide bonds. The monoisotopic (exact) mass is 444 g/mol. The van der Waals surface area contributed by atoms with Gasteiger partial charge in [-0.1, -0.05) is 42.4 Å². The van der Waals surface area contributed by atoms with Crippen molar-refractivity contribution in [3.05, 3.63) is 81.9 Å². The highest BCUT2D eigenvalue weighted by Gasteiger charge is 2.46. The number of hydrogen-bond acceptors (Lipinski definition) is 4. The number of thioether (sulfide) groups is 1. The van der Waals surface area contributed by atoms with E-state index in [1.807, 2.05) is 24.0 Å². The molecule has 0 radical (unpaired) electrons. The SMILES string of the molecule is CCC1CSC2=NC(c3ccccn3)C(c3cc(C)n(-c4c(C)cc(C)cc4C)c3C)N21. The van der Waals surface area contributed by atoms with Crippen molar-refractivity contribution in [2.45, 2.75) is 66.1 Å². The Bertz CT molecular complexity index is 1170. The molecule has 0 bridgehead atoms. The lowest BCUT2D eigenvalue weighted by molar-refractivity contribution is 0.254. The van der Waals surface area contributed by atoms with Crippen molar-refractivity contribution < 1.29 is 0 Å². The molecule has 3 unspecified atom stereocenters.